The molecule has 25 heavy (non-hydrogen) atoms. The van der Waals surface area contributed by atoms with Gasteiger partial charge in [0.15, 0.2) is 0 Å². The molecule has 4 N–H and O–H groups in total. The van der Waals surface area contributed by atoms with E-state index in [0.29, 0.717) is 5.56 Å². The van der Waals surface area contributed by atoms with Gasteiger partial charge in [0.1, 0.15) is 11.9 Å². The van der Waals surface area contributed by atoms with Crippen molar-refractivity contribution in [3.05, 3.63) is 61.8 Å². The Morgan fingerprint density at radius 3 is 2.48 bits per heavy atom. The van der Waals surface area contributed by atoms with E-state index in [-0.39, 0.29) is 32.2 Å². The van der Waals surface area contributed by atoms with Crippen LogP contribution in [-0.2, 0) is 11.2 Å². The van der Waals surface area contributed by atoms with E-state index < -0.39 is 23.7 Å². The van der Waals surface area contributed by atoms with Crippen molar-refractivity contribution in [2.75, 3.05) is 5.73 Å². The van der Waals surface area contributed by atoms with Crippen LogP contribution in [-0.4, -0.2) is 23.0 Å². The highest BCUT2D eigenvalue weighted by molar-refractivity contribution is 9.10. The van der Waals surface area contributed by atoms with Gasteiger partial charge in [-0.25, -0.2) is 9.18 Å². The van der Waals surface area contributed by atoms with Gasteiger partial charge in [0.2, 0.25) is 0 Å². The summed E-state index contributed by atoms with van der Waals surface area (Å²) in [6.45, 7) is 0. The topological polar surface area (TPSA) is 92.4 Å². The third-order valence-corrected chi connectivity index (χ3v) is 4.69. The summed E-state index contributed by atoms with van der Waals surface area (Å²) in [5.41, 5.74) is 6.35. The molecule has 0 radical (unpaired) electrons. The Labute approximate surface area is 161 Å². The quantitative estimate of drug-likeness (QED) is 0.603. The van der Waals surface area contributed by atoms with Gasteiger partial charge in [-0.05, 0) is 45.8 Å². The molecule has 2 aromatic rings. The van der Waals surface area contributed by atoms with Crippen LogP contribution in [0.2, 0.25) is 10.0 Å². The first-order valence-electron chi connectivity index (χ1n) is 6.91. The van der Waals surface area contributed by atoms with E-state index in [0.717, 1.165) is 0 Å². The average Bonchev–Trinajstić information content (AvgIpc) is 2.53. The molecule has 0 bridgehead atoms. The fourth-order valence-electron chi connectivity index (χ4n) is 2.10. The minimum atomic E-state index is -1.24. The highest BCUT2D eigenvalue weighted by atomic mass is 79.9. The van der Waals surface area contributed by atoms with E-state index >= 15 is 0 Å². The molecule has 0 fully saturated rings. The molecule has 2 rings (SSSR count). The lowest BCUT2D eigenvalue weighted by atomic mass is 10.0. The highest BCUT2D eigenvalue weighted by Gasteiger charge is 2.23. The zero-order valence-electron chi connectivity index (χ0n) is 12.5. The number of carboxylic acids is 1. The second-order valence-corrected chi connectivity index (χ2v) is 6.84. The van der Waals surface area contributed by atoms with E-state index in [1.165, 1.54) is 30.3 Å². The molecule has 132 valence electrons. The standard InChI is InChI=1S/C16H12BrCl2FN2O3/c17-9-3-7(1-2-12(9)20)4-14(16(24)25)22-15(23)8-5-10(18)11(19)6-13(8)21/h1-3,5-6,14H,4,21H2,(H,22,23)(H,24,25)/t14-/m0/s1. The summed E-state index contributed by atoms with van der Waals surface area (Å²) in [7, 11) is 0. The van der Waals surface area contributed by atoms with Crippen LogP contribution in [0.1, 0.15) is 15.9 Å². The summed E-state index contributed by atoms with van der Waals surface area (Å²) in [4.78, 5) is 23.8. The molecule has 1 amide bonds. The van der Waals surface area contributed by atoms with Gasteiger partial charge in [-0.2, -0.15) is 0 Å². The number of nitrogen functional groups attached to an aromatic ring is 1. The molecule has 0 aromatic heterocycles. The lowest BCUT2D eigenvalue weighted by Gasteiger charge is -2.16. The summed E-state index contributed by atoms with van der Waals surface area (Å²) in [5.74, 6) is -2.42. The molecule has 1 atom stereocenters. The third kappa shape index (κ3) is 4.84. The van der Waals surface area contributed by atoms with Crippen LogP contribution in [0.15, 0.2) is 34.8 Å². The summed E-state index contributed by atoms with van der Waals surface area (Å²) >= 11 is 14.7. The number of amides is 1. The minimum absolute atomic E-state index is 0.0148. The first-order chi connectivity index (χ1) is 11.7. The van der Waals surface area contributed by atoms with Crippen LogP contribution in [0.4, 0.5) is 10.1 Å². The van der Waals surface area contributed by atoms with Crippen molar-refractivity contribution < 1.29 is 19.1 Å². The van der Waals surface area contributed by atoms with Gasteiger partial charge in [-0.1, -0.05) is 29.3 Å². The van der Waals surface area contributed by atoms with Crippen molar-refractivity contribution in [1.82, 2.24) is 5.32 Å². The Hall–Kier alpha value is -1.83. The van der Waals surface area contributed by atoms with Crippen LogP contribution in [0.3, 0.4) is 0 Å². The van der Waals surface area contributed by atoms with Crippen molar-refractivity contribution in [1.29, 1.82) is 0 Å². The molecule has 0 saturated heterocycles. The number of rotatable bonds is 5. The minimum Gasteiger partial charge on any atom is -0.480 e. The number of nitrogens with two attached hydrogens (primary N) is 1. The molecule has 2 aromatic carbocycles. The van der Waals surface area contributed by atoms with Crippen molar-refractivity contribution >= 4 is 56.7 Å². The molecular formula is C16H12BrCl2FN2O3. The van der Waals surface area contributed by atoms with E-state index in [9.17, 15) is 19.1 Å². The Morgan fingerprint density at radius 1 is 1.24 bits per heavy atom. The summed E-state index contributed by atoms with van der Waals surface area (Å²) in [6, 6.07) is 5.43. The number of carbonyl (C=O) groups excluding carboxylic acids is 1. The number of benzene rings is 2. The van der Waals surface area contributed by atoms with Gasteiger partial charge in [-0.15, -0.1) is 0 Å². The first kappa shape index (κ1) is 19.5. The Morgan fingerprint density at radius 2 is 1.88 bits per heavy atom. The van der Waals surface area contributed by atoms with Crippen molar-refractivity contribution in [3.63, 3.8) is 0 Å². The molecule has 0 spiro atoms. The maximum Gasteiger partial charge on any atom is 0.326 e. The van der Waals surface area contributed by atoms with Crippen LogP contribution in [0, 0.1) is 5.82 Å². The van der Waals surface area contributed by atoms with E-state index in [4.69, 9.17) is 28.9 Å². The van der Waals surface area contributed by atoms with E-state index in [2.05, 4.69) is 21.2 Å². The van der Waals surface area contributed by atoms with Gasteiger partial charge in [0, 0.05) is 12.1 Å². The van der Waals surface area contributed by atoms with Crippen LogP contribution in [0.25, 0.3) is 0 Å². The Balaban J connectivity index is 2.21. The predicted octanol–water partition coefficient (Wildman–Crippen LogP) is 3.90. The third-order valence-electron chi connectivity index (χ3n) is 3.36. The van der Waals surface area contributed by atoms with Crippen molar-refractivity contribution in [2.45, 2.75) is 12.5 Å². The molecular weight excluding hydrogens is 438 g/mol. The summed E-state index contributed by atoms with van der Waals surface area (Å²) in [6.07, 6.45) is -0.0405. The zero-order chi connectivity index (χ0) is 18.7. The van der Waals surface area contributed by atoms with E-state index in [1.54, 1.807) is 0 Å². The maximum atomic E-state index is 13.3. The van der Waals surface area contributed by atoms with Crippen LogP contribution < -0.4 is 11.1 Å². The number of carbonyl (C=O) groups is 2. The first-order valence-corrected chi connectivity index (χ1v) is 8.46. The molecule has 0 aliphatic carbocycles. The average molecular weight is 450 g/mol. The fraction of sp³-hybridized carbons (Fsp3) is 0.125. The second-order valence-electron chi connectivity index (χ2n) is 5.17. The molecule has 5 nitrogen and oxygen atoms in total. The molecule has 0 heterocycles. The molecule has 9 heteroatoms. The second kappa shape index (κ2) is 8.03. The van der Waals surface area contributed by atoms with Gasteiger partial charge in [0.25, 0.3) is 5.91 Å². The molecule has 0 unspecified atom stereocenters. The van der Waals surface area contributed by atoms with Gasteiger partial charge in [0.05, 0.1) is 20.1 Å². The molecule has 0 aliphatic heterocycles. The van der Waals surface area contributed by atoms with Gasteiger partial charge < -0.3 is 16.2 Å². The van der Waals surface area contributed by atoms with Crippen LogP contribution in [0.5, 0.6) is 0 Å². The predicted molar refractivity (Wildman–Crippen MR) is 97.6 cm³/mol. The SMILES string of the molecule is Nc1cc(Cl)c(Cl)cc1C(=O)N[C@@H](Cc1ccc(F)c(Br)c1)C(=O)O. The van der Waals surface area contributed by atoms with Crippen LogP contribution >= 0.6 is 39.1 Å². The molecule has 0 saturated carbocycles. The van der Waals surface area contributed by atoms with Crippen molar-refractivity contribution in [3.8, 4) is 0 Å². The number of halogens is 4. The fourth-order valence-corrected chi connectivity index (χ4v) is 2.86. The monoisotopic (exact) mass is 448 g/mol. The lowest BCUT2D eigenvalue weighted by Crippen LogP contribution is -2.42. The van der Waals surface area contributed by atoms with E-state index in [1.807, 2.05) is 0 Å². The smallest absolute Gasteiger partial charge is 0.326 e. The normalized spacial score (nSPS) is 11.8. The molecule has 0 aliphatic rings. The summed E-state index contributed by atoms with van der Waals surface area (Å²) in [5, 5.41) is 12.0. The Bertz CT molecular complexity index is 848. The number of hydrogen-bond acceptors (Lipinski definition) is 3. The number of hydrogen-bond donors (Lipinski definition) is 3. The van der Waals surface area contributed by atoms with Gasteiger partial charge >= 0.3 is 5.97 Å². The highest BCUT2D eigenvalue weighted by Crippen LogP contribution is 2.27. The number of anilines is 1. The summed E-state index contributed by atoms with van der Waals surface area (Å²) < 4.78 is 13.5. The largest absolute Gasteiger partial charge is 0.480 e. The van der Waals surface area contributed by atoms with Gasteiger partial charge in [-0.3, -0.25) is 4.79 Å². The zero-order valence-corrected chi connectivity index (χ0v) is 15.6. The Kier molecular flexibility index (Phi) is 6.26. The number of nitrogens with one attached hydrogen (secondary N) is 1. The maximum absolute atomic E-state index is 13.3. The lowest BCUT2D eigenvalue weighted by molar-refractivity contribution is -0.139. The number of carboxylic acid groups (broad SMARTS) is 1. The number of aliphatic carboxylic acids is 1. The van der Waals surface area contributed by atoms with Crippen molar-refractivity contribution in [2.24, 2.45) is 0 Å².